The molecular weight excluding hydrogens is 351 g/mol. The lowest BCUT2D eigenvalue weighted by molar-refractivity contribution is 0.0629. The Morgan fingerprint density at radius 2 is 2.08 bits per heavy atom. The van der Waals surface area contributed by atoms with Gasteiger partial charge in [0, 0.05) is 30.9 Å². The van der Waals surface area contributed by atoms with Gasteiger partial charge in [0.05, 0.1) is 11.6 Å². The van der Waals surface area contributed by atoms with Crippen molar-refractivity contribution in [3.05, 3.63) is 58.4 Å². The Kier molecular flexibility index (Phi) is 5.88. The maximum absolute atomic E-state index is 12.8. The first-order chi connectivity index (χ1) is 11.1. The maximum Gasteiger partial charge on any atom is 0.270 e. The van der Waals surface area contributed by atoms with Crippen LogP contribution in [0.1, 0.15) is 32.5 Å². The van der Waals surface area contributed by atoms with Gasteiger partial charge in [0.1, 0.15) is 5.69 Å². The van der Waals surface area contributed by atoms with Gasteiger partial charge in [-0.3, -0.25) is 9.59 Å². The van der Waals surface area contributed by atoms with Crippen molar-refractivity contribution in [1.82, 2.24) is 15.2 Å². The third kappa shape index (κ3) is 3.72. The van der Waals surface area contributed by atoms with E-state index in [1.807, 2.05) is 18.2 Å². The summed E-state index contributed by atoms with van der Waals surface area (Å²) < 4.78 is 0. The quantitative estimate of drug-likeness (QED) is 0.773. The molecule has 0 bridgehead atoms. The molecule has 1 aliphatic rings. The molecule has 1 atom stereocenters. The van der Waals surface area contributed by atoms with Crippen molar-refractivity contribution in [1.29, 1.82) is 0 Å². The number of aromatic amines is 1. The van der Waals surface area contributed by atoms with Crippen LogP contribution in [0.5, 0.6) is 0 Å². The van der Waals surface area contributed by atoms with E-state index in [2.05, 4.69) is 10.3 Å². The molecule has 2 aromatic rings. The van der Waals surface area contributed by atoms with Crippen LogP contribution in [0.2, 0.25) is 5.02 Å². The van der Waals surface area contributed by atoms with Crippen LogP contribution in [-0.4, -0.2) is 41.3 Å². The van der Waals surface area contributed by atoms with Crippen LogP contribution in [0, 0.1) is 0 Å². The zero-order valence-electron chi connectivity index (χ0n) is 12.8. The molecule has 1 aliphatic heterocycles. The molecule has 1 aromatic heterocycles. The first-order valence-corrected chi connectivity index (χ1v) is 7.69. The molecule has 24 heavy (non-hydrogen) atoms. The highest BCUT2D eigenvalue weighted by Gasteiger charge is 2.29. The van der Waals surface area contributed by atoms with E-state index in [1.165, 1.54) is 12.3 Å². The van der Waals surface area contributed by atoms with Gasteiger partial charge >= 0.3 is 0 Å². The number of nitrogens with zero attached hydrogens (tertiary/aromatic N) is 1. The number of rotatable bonds is 3. The fraction of sp³-hybridized carbons (Fsp3) is 0.250. The number of nitrogens with two attached hydrogens (primary N) is 1. The molecule has 3 rings (SSSR count). The average Bonchev–Trinajstić information content (AvgIpc) is 3.04. The van der Waals surface area contributed by atoms with Gasteiger partial charge in [-0.25, -0.2) is 0 Å². The molecule has 0 spiro atoms. The van der Waals surface area contributed by atoms with E-state index in [0.717, 1.165) is 5.56 Å². The normalized spacial score (nSPS) is 17.2. The number of primary amides is 1. The molecule has 0 aliphatic carbocycles. The maximum atomic E-state index is 12.8. The molecule has 2 heterocycles. The molecule has 1 fully saturated rings. The molecule has 0 saturated carbocycles. The first-order valence-electron chi connectivity index (χ1n) is 7.31. The second-order valence-electron chi connectivity index (χ2n) is 5.44. The minimum Gasteiger partial charge on any atom is -0.366 e. The van der Waals surface area contributed by atoms with Gasteiger partial charge in [0.25, 0.3) is 5.91 Å². The Balaban J connectivity index is 0.00000208. The fourth-order valence-corrected chi connectivity index (χ4v) is 2.97. The highest BCUT2D eigenvalue weighted by molar-refractivity contribution is 6.30. The van der Waals surface area contributed by atoms with Crippen LogP contribution >= 0.6 is 24.0 Å². The number of amides is 2. The van der Waals surface area contributed by atoms with Crippen LogP contribution in [0.15, 0.2) is 36.5 Å². The van der Waals surface area contributed by atoms with Crippen LogP contribution in [0.4, 0.5) is 0 Å². The summed E-state index contributed by atoms with van der Waals surface area (Å²) in [6.45, 7) is 1.93. The Morgan fingerprint density at radius 1 is 1.29 bits per heavy atom. The lowest BCUT2D eigenvalue weighted by atomic mass is 10.0. The molecule has 6 nitrogen and oxygen atoms in total. The predicted octanol–water partition coefficient (Wildman–Crippen LogP) is 1.98. The van der Waals surface area contributed by atoms with Crippen molar-refractivity contribution in [3.63, 3.8) is 0 Å². The molecule has 128 valence electrons. The highest BCUT2D eigenvalue weighted by Crippen LogP contribution is 2.26. The summed E-state index contributed by atoms with van der Waals surface area (Å²) in [6, 6.07) is 8.86. The van der Waals surface area contributed by atoms with Gasteiger partial charge < -0.3 is 20.9 Å². The molecule has 1 aromatic carbocycles. The van der Waals surface area contributed by atoms with Gasteiger partial charge in [0.15, 0.2) is 0 Å². The van der Waals surface area contributed by atoms with Crippen molar-refractivity contribution >= 4 is 35.8 Å². The van der Waals surface area contributed by atoms with Gasteiger partial charge in [-0.1, -0.05) is 23.7 Å². The predicted molar refractivity (Wildman–Crippen MR) is 94.7 cm³/mol. The third-order valence-electron chi connectivity index (χ3n) is 3.94. The molecule has 1 unspecified atom stereocenters. The minimum absolute atomic E-state index is 0. The summed E-state index contributed by atoms with van der Waals surface area (Å²) in [7, 11) is 0. The van der Waals surface area contributed by atoms with Crippen molar-refractivity contribution in [3.8, 4) is 0 Å². The number of carbonyl (C=O) groups is 2. The molecule has 4 N–H and O–H groups in total. The van der Waals surface area contributed by atoms with E-state index in [9.17, 15) is 9.59 Å². The van der Waals surface area contributed by atoms with Crippen LogP contribution in [0.25, 0.3) is 0 Å². The summed E-state index contributed by atoms with van der Waals surface area (Å²) in [4.78, 5) is 28.6. The van der Waals surface area contributed by atoms with E-state index in [-0.39, 0.29) is 24.4 Å². The van der Waals surface area contributed by atoms with Crippen molar-refractivity contribution < 1.29 is 9.59 Å². The zero-order chi connectivity index (χ0) is 16.4. The molecule has 8 heteroatoms. The fourth-order valence-electron chi connectivity index (χ4n) is 2.77. The summed E-state index contributed by atoms with van der Waals surface area (Å²) >= 11 is 6.07. The van der Waals surface area contributed by atoms with Crippen molar-refractivity contribution in [2.24, 2.45) is 5.73 Å². The lowest BCUT2D eigenvalue weighted by Crippen LogP contribution is -2.48. The largest absolute Gasteiger partial charge is 0.366 e. The van der Waals surface area contributed by atoms with Crippen LogP contribution in [-0.2, 0) is 0 Å². The van der Waals surface area contributed by atoms with Gasteiger partial charge in [0.2, 0.25) is 5.91 Å². The summed E-state index contributed by atoms with van der Waals surface area (Å²) in [5.41, 5.74) is 6.85. The first kappa shape index (κ1) is 18.3. The lowest BCUT2D eigenvalue weighted by Gasteiger charge is -2.36. The van der Waals surface area contributed by atoms with Crippen LogP contribution < -0.4 is 11.1 Å². The zero-order valence-corrected chi connectivity index (χ0v) is 14.4. The number of nitrogens with one attached hydrogen (secondary N) is 2. The van der Waals surface area contributed by atoms with E-state index in [0.29, 0.717) is 35.9 Å². The Bertz CT molecular complexity index is 747. The molecule has 1 saturated heterocycles. The molecule has 2 amide bonds. The number of piperazine rings is 1. The second-order valence-corrected chi connectivity index (χ2v) is 5.88. The second kappa shape index (κ2) is 7.70. The van der Waals surface area contributed by atoms with Gasteiger partial charge in [-0.05, 0) is 23.8 Å². The summed E-state index contributed by atoms with van der Waals surface area (Å²) in [5, 5.41) is 3.93. The van der Waals surface area contributed by atoms with Gasteiger partial charge in [-0.2, -0.15) is 0 Å². The molecular formula is C16H18Cl2N4O2. The average molecular weight is 369 g/mol. The number of halogens is 2. The van der Waals surface area contributed by atoms with E-state index < -0.39 is 5.91 Å². The number of carbonyl (C=O) groups excluding carboxylic acids is 2. The van der Waals surface area contributed by atoms with Crippen molar-refractivity contribution in [2.45, 2.75) is 6.04 Å². The van der Waals surface area contributed by atoms with E-state index in [1.54, 1.807) is 11.0 Å². The highest BCUT2D eigenvalue weighted by atomic mass is 35.5. The topological polar surface area (TPSA) is 91.2 Å². The number of hydrogen-bond donors (Lipinski definition) is 3. The smallest absolute Gasteiger partial charge is 0.270 e. The monoisotopic (exact) mass is 368 g/mol. The van der Waals surface area contributed by atoms with Crippen molar-refractivity contribution in [2.75, 3.05) is 19.6 Å². The summed E-state index contributed by atoms with van der Waals surface area (Å²) in [6.07, 6.45) is 1.45. The SMILES string of the molecule is Cl.NC(=O)c1c[nH]c(C(=O)N2CCNCC2c2cccc(Cl)c2)c1. The molecule has 0 radical (unpaired) electrons. The van der Waals surface area contributed by atoms with E-state index in [4.69, 9.17) is 17.3 Å². The third-order valence-corrected chi connectivity index (χ3v) is 4.17. The Labute approximate surface area is 150 Å². The van der Waals surface area contributed by atoms with Crippen LogP contribution in [0.3, 0.4) is 0 Å². The van der Waals surface area contributed by atoms with E-state index >= 15 is 0 Å². The number of aromatic nitrogens is 1. The minimum atomic E-state index is -0.563. The number of benzene rings is 1. The number of hydrogen-bond acceptors (Lipinski definition) is 3. The summed E-state index contributed by atoms with van der Waals surface area (Å²) in [5.74, 6) is -0.726. The Morgan fingerprint density at radius 3 is 2.75 bits per heavy atom. The van der Waals surface area contributed by atoms with Gasteiger partial charge in [-0.15, -0.1) is 12.4 Å². The number of H-pyrrole nitrogens is 1. The standard InChI is InChI=1S/C16H17ClN4O2.ClH/c17-12-3-1-2-10(6-12)14-9-19-4-5-21(14)16(23)13-7-11(8-20-13)15(18)22;/h1-3,6-8,14,19-20H,4-5,9H2,(H2,18,22);1H. The Hall–Kier alpha value is -2.02.